The molecule has 1 aromatic carbocycles. The van der Waals surface area contributed by atoms with Crippen molar-refractivity contribution in [2.45, 2.75) is 18.8 Å². The third-order valence-corrected chi connectivity index (χ3v) is 4.81. The molecule has 1 N–H and O–H groups in total. The zero-order valence-electron chi connectivity index (χ0n) is 9.05. The van der Waals surface area contributed by atoms with E-state index < -0.39 is 0 Å². The summed E-state index contributed by atoms with van der Waals surface area (Å²) in [5, 5.41) is 4.82. The van der Waals surface area contributed by atoms with Crippen molar-refractivity contribution in [3.05, 3.63) is 33.8 Å². The molecule has 0 spiro atoms. The maximum absolute atomic E-state index is 6.07. The molecule has 0 bridgehead atoms. The SMILES string of the molecule is Clc1ccc(C2CC3CNCC3C2)cc1Cl. The summed E-state index contributed by atoms with van der Waals surface area (Å²) in [4.78, 5) is 0. The number of benzene rings is 1. The van der Waals surface area contributed by atoms with Gasteiger partial charge in [-0.2, -0.15) is 0 Å². The number of hydrogen-bond donors (Lipinski definition) is 1. The van der Waals surface area contributed by atoms with Crippen molar-refractivity contribution in [3.63, 3.8) is 0 Å². The molecule has 0 radical (unpaired) electrons. The minimum atomic E-state index is 0.658. The van der Waals surface area contributed by atoms with Crippen LogP contribution in [0.15, 0.2) is 18.2 Å². The average molecular weight is 256 g/mol. The summed E-state index contributed by atoms with van der Waals surface area (Å²) in [7, 11) is 0. The standard InChI is InChI=1S/C13H15Cl2N/c14-12-2-1-8(5-13(12)15)9-3-10-6-16-7-11(10)4-9/h1-2,5,9-11,16H,3-4,6-7H2. The molecule has 1 heterocycles. The van der Waals surface area contributed by atoms with Gasteiger partial charge in [0.2, 0.25) is 0 Å². The Labute approximate surface area is 106 Å². The van der Waals surface area contributed by atoms with Crippen LogP contribution in [0.3, 0.4) is 0 Å². The first-order valence-corrected chi connectivity index (χ1v) is 6.65. The molecule has 0 amide bonds. The van der Waals surface area contributed by atoms with E-state index in [4.69, 9.17) is 23.2 Å². The number of rotatable bonds is 1. The maximum Gasteiger partial charge on any atom is 0.0595 e. The Hall–Kier alpha value is -0.240. The van der Waals surface area contributed by atoms with Crippen LogP contribution < -0.4 is 5.32 Å². The van der Waals surface area contributed by atoms with Gasteiger partial charge in [-0.25, -0.2) is 0 Å². The normalized spacial score (nSPS) is 33.0. The van der Waals surface area contributed by atoms with E-state index in [-0.39, 0.29) is 0 Å². The first kappa shape index (κ1) is 10.9. The van der Waals surface area contributed by atoms with Gasteiger partial charge < -0.3 is 5.32 Å². The van der Waals surface area contributed by atoms with Crippen molar-refractivity contribution in [2.24, 2.45) is 11.8 Å². The van der Waals surface area contributed by atoms with E-state index in [1.807, 2.05) is 12.1 Å². The molecular formula is C13H15Cl2N. The molecule has 1 aliphatic carbocycles. The Morgan fingerprint density at radius 2 is 1.69 bits per heavy atom. The van der Waals surface area contributed by atoms with E-state index in [1.165, 1.54) is 31.5 Å². The van der Waals surface area contributed by atoms with Gasteiger partial charge in [0.1, 0.15) is 0 Å². The topological polar surface area (TPSA) is 12.0 Å². The lowest BCUT2D eigenvalue weighted by atomic mass is 9.96. The molecule has 3 heteroatoms. The number of nitrogens with one attached hydrogen (secondary N) is 1. The highest BCUT2D eigenvalue weighted by Gasteiger charge is 2.37. The van der Waals surface area contributed by atoms with Crippen molar-refractivity contribution >= 4 is 23.2 Å². The summed E-state index contributed by atoms with van der Waals surface area (Å²) in [5.41, 5.74) is 1.36. The predicted octanol–water partition coefficient (Wildman–Crippen LogP) is 3.71. The van der Waals surface area contributed by atoms with Gasteiger partial charge in [-0.15, -0.1) is 0 Å². The monoisotopic (exact) mass is 255 g/mol. The molecule has 1 saturated carbocycles. The van der Waals surface area contributed by atoms with Crippen LogP contribution in [-0.4, -0.2) is 13.1 Å². The molecular weight excluding hydrogens is 241 g/mol. The highest BCUT2D eigenvalue weighted by Crippen LogP contribution is 2.44. The molecule has 2 atom stereocenters. The third-order valence-electron chi connectivity index (χ3n) is 4.07. The van der Waals surface area contributed by atoms with Crippen LogP contribution in [0.1, 0.15) is 24.3 Å². The molecule has 1 saturated heterocycles. The van der Waals surface area contributed by atoms with Crippen molar-refractivity contribution in [1.82, 2.24) is 5.32 Å². The largest absolute Gasteiger partial charge is 0.316 e. The summed E-state index contributed by atoms with van der Waals surface area (Å²) >= 11 is 12.0. The first-order chi connectivity index (χ1) is 7.74. The molecule has 1 nitrogen and oxygen atoms in total. The molecule has 2 fully saturated rings. The van der Waals surface area contributed by atoms with Crippen LogP contribution in [-0.2, 0) is 0 Å². The van der Waals surface area contributed by atoms with Crippen molar-refractivity contribution < 1.29 is 0 Å². The molecule has 86 valence electrons. The number of halogens is 2. The second-order valence-electron chi connectivity index (χ2n) is 5.02. The Morgan fingerprint density at radius 1 is 1.00 bits per heavy atom. The molecule has 2 aliphatic rings. The van der Waals surface area contributed by atoms with E-state index in [2.05, 4.69) is 11.4 Å². The highest BCUT2D eigenvalue weighted by atomic mass is 35.5. The van der Waals surface area contributed by atoms with Gasteiger partial charge in [0.25, 0.3) is 0 Å². The van der Waals surface area contributed by atoms with Crippen LogP contribution >= 0.6 is 23.2 Å². The molecule has 1 aliphatic heterocycles. The van der Waals surface area contributed by atoms with Crippen molar-refractivity contribution in [1.29, 1.82) is 0 Å². The second kappa shape index (κ2) is 4.21. The van der Waals surface area contributed by atoms with E-state index in [0.29, 0.717) is 16.0 Å². The van der Waals surface area contributed by atoms with Gasteiger partial charge in [0.05, 0.1) is 10.0 Å². The Bertz CT molecular complexity index is 393. The first-order valence-electron chi connectivity index (χ1n) is 5.89. The van der Waals surface area contributed by atoms with Gasteiger partial charge in [-0.1, -0.05) is 29.3 Å². The predicted molar refractivity (Wildman–Crippen MR) is 68.3 cm³/mol. The van der Waals surface area contributed by atoms with Crippen LogP contribution in [0.5, 0.6) is 0 Å². The third kappa shape index (κ3) is 1.85. The van der Waals surface area contributed by atoms with Crippen LogP contribution in [0.4, 0.5) is 0 Å². The lowest BCUT2D eigenvalue weighted by Crippen LogP contribution is -2.11. The van der Waals surface area contributed by atoms with Gasteiger partial charge in [-0.05, 0) is 61.4 Å². The van der Waals surface area contributed by atoms with Gasteiger partial charge in [0.15, 0.2) is 0 Å². The van der Waals surface area contributed by atoms with Crippen molar-refractivity contribution in [2.75, 3.05) is 13.1 Å². The fourth-order valence-corrected chi connectivity index (χ4v) is 3.51. The van der Waals surface area contributed by atoms with E-state index in [0.717, 1.165) is 11.8 Å². The van der Waals surface area contributed by atoms with Gasteiger partial charge in [0, 0.05) is 0 Å². The summed E-state index contributed by atoms with van der Waals surface area (Å²) in [5.74, 6) is 2.44. The van der Waals surface area contributed by atoms with E-state index in [9.17, 15) is 0 Å². The van der Waals surface area contributed by atoms with Crippen molar-refractivity contribution in [3.8, 4) is 0 Å². The zero-order valence-corrected chi connectivity index (χ0v) is 10.6. The minimum Gasteiger partial charge on any atom is -0.316 e. The maximum atomic E-state index is 6.07. The molecule has 0 aromatic heterocycles. The quantitative estimate of drug-likeness (QED) is 0.807. The zero-order chi connectivity index (χ0) is 11.1. The van der Waals surface area contributed by atoms with Crippen LogP contribution in [0.25, 0.3) is 0 Å². The van der Waals surface area contributed by atoms with E-state index in [1.54, 1.807) is 0 Å². The average Bonchev–Trinajstić information content (AvgIpc) is 2.81. The summed E-state index contributed by atoms with van der Waals surface area (Å²) in [6, 6.07) is 6.10. The molecule has 3 rings (SSSR count). The Morgan fingerprint density at radius 3 is 2.31 bits per heavy atom. The second-order valence-corrected chi connectivity index (χ2v) is 5.83. The number of hydrogen-bond acceptors (Lipinski definition) is 1. The van der Waals surface area contributed by atoms with Gasteiger partial charge in [-0.3, -0.25) is 0 Å². The van der Waals surface area contributed by atoms with Crippen LogP contribution in [0.2, 0.25) is 10.0 Å². The van der Waals surface area contributed by atoms with E-state index >= 15 is 0 Å². The van der Waals surface area contributed by atoms with Gasteiger partial charge >= 0.3 is 0 Å². The minimum absolute atomic E-state index is 0.658. The summed E-state index contributed by atoms with van der Waals surface area (Å²) in [6.07, 6.45) is 2.60. The fourth-order valence-electron chi connectivity index (χ4n) is 3.20. The lowest BCUT2D eigenvalue weighted by Gasteiger charge is -2.12. The number of fused-ring (bicyclic) bond motifs is 1. The molecule has 1 aromatic rings. The lowest BCUT2D eigenvalue weighted by molar-refractivity contribution is 0.494. The summed E-state index contributed by atoms with van der Waals surface area (Å²) < 4.78 is 0. The summed E-state index contributed by atoms with van der Waals surface area (Å²) in [6.45, 7) is 2.39. The fraction of sp³-hybridized carbons (Fsp3) is 0.538. The Kier molecular flexibility index (Phi) is 2.87. The highest BCUT2D eigenvalue weighted by molar-refractivity contribution is 6.42. The smallest absolute Gasteiger partial charge is 0.0595 e. The molecule has 16 heavy (non-hydrogen) atoms. The molecule has 2 unspecified atom stereocenters. The Balaban J connectivity index is 1.81. The van der Waals surface area contributed by atoms with Crippen LogP contribution in [0, 0.1) is 11.8 Å².